The SMILES string of the molecule is BrC1[C@H]2COCOC[C@@H]12. The number of halogens is 1. The molecule has 0 aromatic rings. The van der Waals surface area contributed by atoms with E-state index < -0.39 is 0 Å². The molecule has 2 rings (SSSR count). The molecule has 1 saturated heterocycles. The lowest BCUT2D eigenvalue weighted by Crippen LogP contribution is -2.01. The molecule has 0 radical (unpaired) electrons. The molecule has 3 atom stereocenters. The van der Waals surface area contributed by atoms with Crippen LogP contribution in [0.15, 0.2) is 0 Å². The Bertz CT molecular complexity index is 106. The molecule has 0 N–H and O–H groups in total. The summed E-state index contributed by atoms with van der Waals surface area (Å²) < 4.78 is 10.3. The molecule has 2 nitrogen and oxygen atoms in total. The fraction of sp³-hybridized carbons (Fsp3) is 1.00. The summed E-state index contributed by atoms with van der Waals surface area (Å²) in [6.45, 7) is 2.24. The van der Waals surface area contributed by atoms with Crippen LogP contribution in [0.5, 0.6) is 0 Å². The Labute approximate surface area is 62.6 Å². The Kier molecular flexibility index (Phi) is 1.51. The summed E-state index contributed by atoms with van der Waals surface area (Å²) in [6, 6.07) is 0. The zero-order valence-electron chi connectivity index (χ0n) is 5.05. The Hall–Kier alpha value is 0.400. The second kappa shape index (κ2) is 2.22. The van der Waals surface area contributed by atoms with Gasteiger partial charge in [-0.25, -0.2) is 0 Å². The van der Waals surface area contributed by atoms with E-state index >= 15 is 0 Å². The maximum absolute atomic E-state index is 5.17. The van der Waals surface area contributed by atoms with Gasteiger partial charge in [-0.3, -0.25) is 0 Å². The van der Waals surface area contributed by atoms with Crippen molar-refractivity contribution in [1.29, 1.82) is 0 Å². The smallest absolute Gasteiger partial charge is 0.146 e. The normalized spacial score (nSPS) is 49.7. The van der Waals surface area contributed by atoms with Crippen molar-refractivity contribution in [1.82, 2.24) is 0 Å². The fourth-order valence-electron chi connectivity index (χ4n) is 1.26. The molecule has 2 aliphatic rings. The zero-order chi connectivity index (χ0) is 6.27. The third-order valence-corrected chi connectivity index (χ3v) is 3.37. The van der Waals surface area contributed by atoms with Gasteiger partial charge in [-0.15, -0.1) is 0 Å². The largest absolute Gasteiger partial charge is 0.355 e. The molecule has 1 aliphatic carbocycles. The van der Waals surface area contributed by atoms with E-state index in [0.717, 1.165) is 25.0 Å². The minimum Gasteiger partial charge on any atom is -0.355 e. The topological polar surface area (TPSA) is 18.5 Å². The van der Waals surface area contributed by atoms with Crippen molar-refractivity contribution in [2.75, 3.05) is 20.0 Å². The molecule has 1 saturated carbocycles. The van der Waals surface area contributed by atoms with Gasteiger partial charge in [0.1, 0.15) is 6.79 Å². The Balaban J connectivity index is 1.93. The Morgan fingerprint density at radius 2 is 1.67 bits per heavy atom. The number of rotatable bonds is 0. The Morgan fingerprint density at radius 3 is 2.22 bits per heavy atom. The van der Waals surface area contributed by atoms with Gasteiger partial charge in [0.15, 0.2) is 0 Å². The Morgan fingerprint density at radius 1 is 1.11 bits per heavy atom. The first kappa shape index (κ1) is 6.13. The van der Waals surface area contributed by atoms with E-state index in [-0.39, 0.29) is 0 Å². The summed E-state index contributed by atoms with van der Waals surface area (Å²) in [6.07, 6.45) is 0. The van der Waals surface area contributed by atoms with Crippen LogP contribution in [-0.4, -0.2) is 24.8 Å². The van der Waals surface area contributed by atoms with Crippen LogP contribution in [-0.2, 0) is 9.47 Å². The van der Waals surface area contributed by atoms with Crippen molar-refractivity contribution in [2.24, 2.45) is 11.8 Å². The van der Waals surface area contributed by atoms with E-state index in [9.17, 15) is 0 Å². The van der Waals surface area contributed by atoms with Crippen molar-refractivity contribution in [2.45, 2.75) is 4.83 Å². The van der Waals surface area contributed by atoms with Crippen LogP contribution in [0.4, 0.5) is 0 Å². The lowest BCUT2D eigenvalue weighted by molar-refractivity contribution is -0.0415. The summed E-state index contributed by atoms with van der Waals surface area (Å²) in [7, 11) is 0. The van der Waals surface area contributed by atoms with E-state index in [1.807, 2.05) is 0 Å². The van der Waals surface area contributed by atoms with Crippen LogP contribution < -0.4 is 0 Å². The lowest BCUT2D eigenvalue weighted by Gasteiger charge is -1.99. The standard InChI is InChI=1S/C6H9BrO2/c7-6-4-1-8-3-9-2-5(4)6/h4-6H,1-3H2/t4-,5+,6?. The summed E-state index contributed by atoms with van der Waals surface area (Å²) in [5.74, 6) is 1.46. The number of hydrogen-bond acceptors (Lipinski definition) is 2. The molecule has 52 valence electrons. The highest BCUT2D eigenvalue weighted by Gasteiger charge is 2.49. The van der Waals surface area contributed by atoms with Gasteiger partial charge in [-0.2, -0.15) is 0 Å². The quantitative estimate of drug-likeness (QED) is 0.534. The molecule has 0 aromatic carbocycles. The first-order valence-electron chi connectivity index (χ1n) is 3.19. The average Bonchev–Trinajstić information content (AvgIpc) is 2.51. The van der Waals surface area contributed by atoms with Gasteiger partial charge in [0.05, 0.1) is 13.2 Å². The van der Waals surface area contributed by atoms with Gasteiger partial charge < -0.3 is 9.47 Å². The third kappa shape index (κ3) is 1.02. The van der Waals surface area contributed by atoms with Gasteiger partial charge in [-0.1, -0.05) is 15.9 Å². The van der Waals surface area contributed by atoms with Gasteiger partial charge in [0.25, 0.3) is 0 Å². The fourth-order valence-corrected chi connectivity index (χ4v) is 2.17. The maximum Gasteiger partial charge on any atom is 0.146 e. The molecule has 1 aliphatic heterocycles. The first-order valence-corrected chi connectivity index (χ1v) is 4.11. The summed E-state index contributed by atoms with van der Waals surface area (Å²) >= 11 is 3.55. The van der Waals surface area contributed by atoms with Crippen LogP contribution >= 0.6 is 15.9 Å². The first-order chi connectivity index (χ1) is 4.39. The molecule has 0 amide bonds. The highest BCUT2D eigenvalue weighted by atomic mass is 79.9. The predicted octanol–water partition coefficient (Wildman–Crippen LogP) is 1.00. The molecule has 0 bridgehead atoms. The van der Waals surface area contributed by atoms with Crippen molar-refractivity contribution in [3.8, 4) is 0 Å². The van der Waals surface area contributed by atoms with Gasteiger partial charge >= 0.3 is 0 Å². The number of alkyl halides is 1. The molecule has 1 heterocycles. The molecule has 1 unspecified atom stereocenters. The van der Waals surface area contributed by atoms with Crippen molar-refractivity contribution < 1.29 is 9.47 Å². The van der Waals surface area contributed by atoms with Crippen LogP contribution in [0.1, 0.15) is 0 Å². The number of ether oxygens (including phenoxy) is 2. The summed E-state index contributed by atoms with van der Waals surface area (Å²) in [5.41, 5.74) is 0. The van der Waals surface area contributed by atoms with Gasteiger partial charge in [-0.05, 0) is 0 Å². The van der Waals surface area contributed by atoms with Crippen LogP contribution in [0.2, 0.25) is 0 Å². The average molecular weight is 193 g/mol. The van der Waals surface area contributed by atoms with Gasteiger partial charge in [0.2, 0.25) is 0 Å². The maximum atomic E-state index is 5.17. The van der Waals surface area contributed by atoms with E-state index in [2.05, 4.69) is 15.9 Å². The second-order valence-electron chi connectivity index (χ2n) is 2.63. The van der Waals surface area contributed by atoms with Crippen molar-refractivity contribution in [3.05, 3.63) is 0 Å². The van der Waals surface area contributed by atoms with E-state index in [4.69, 9.17) is 9.47 Å². The summed E-state index contributed by atoms with van der Waals surface area (Å²) in [4.78, 5) is 0.665. The molecule has 2 fully saturated rings. The monoisotopic (exact) mass is 192 g/mol. The van der Waals surface area contributed by atoms with Crippen LogP contribution in [0.25, 0.3) is 0 Å². The number of fused-ring (bicyclic) bond motifs is 1. The van der Waals surface area contributed by atoms with Gasteiger partial charge in [0, 0.05) is 16.7 Å². The highest BCUT2D eigenvalue weighted by molar-refractivity contribution is 9.09. The van der Waals surface area contributed by atoms with Crippen LogP contribution in [0.3, 0.4) is 0 Å². The zero-order valence-corrected chi connectivity index (χ0v) is 6.63. The molecule has 0 aromatic heterocycles. The molecule has 3 heteroatoms. The molecular formula is C6H9BrO2. The van der Waals surface area contributed by atoms with Crippen LogP contribution in [0, 0.1) is 11.8 Å². The lowest BCUT2D eigenvalue weighted by atomic mass is 10.3. The van der Waals surface area contributed by atoms with Crippen molar-refractivity contribution >= 4 is 15.9 Å². The van der Waals surface area contributed by atoms with Crippen molar-refractivity contribution in [3.63, 3.8) is 0 Å². The highest BCUT2D eigenvalue weighted by Crippen LogP contribution is 2.46. The molecule has 9 heavy (non-hydrogen) atoms. The number of hydrogen-bond donors (Lipinski definition) is 0. The second-order valence-corrected chi connectivity index (χ2v) is 3.69. The predicted molar refractivity (Wildman–Crippen MR) is 36.5 cm³/mol. The van der Waals surface area contributed by atoms with E-state index in [1.165, 1.54) is 0 Å². The molecular weight excluding hydrogens is 184 g/mol. The van der Waals surface area contributed by atoms with E-state index in [0.29, 0.717) is 11.6 Å². The van der Waals surface area contributed by atoms with E-state index in [1.54, 1.807) is 0 Å². The summed E-state index contributed by atoms with van der Waals surface area (Å²) in [5, 5.41) is 0. The molecule has 0 spiro atoms. The minimum absolute atomic E-state index is 0.493. The third-order valence-electron chi connectivity index (χ3n) is 2.01. The minimum atomic E-state index is 0.493.